The van der Waals surface area contributed by atoms with Gasteiger partial charge in [0.2, 0.25) is 11.8 Å². The van der Waals surface area contributed by atoms with Crippen molar-refractivity contribution in [2.24, 2.45) is 11.7 Å². The Labute approximate surface area is 246 Å². The molecule has 4 amide bonds. The molecule has 3 rings (SSSR count). The van der Waals surface area contributed by atoms with Crippen molar-refractivity contribution in [2.75, 3.05) is 5.32 Å². The van der Waals surface area contributed by atoms with Crippen molar-refractivity contribution < 1.29 is 23.9 Å². The number of benzene rings is 2. The van der Waals surface area contributed by atoms with Crippen LogP contribution in [-0.2, 0) is 19.1 Å². The Bertz CT molecular complexity index is 1340. The summed E-state index contributed by atoms with van der Waals surface area (Å²) in [5, 5.41) is 5.84. The van der Waals surface area contributed by atoms with Gasteiger partial charge in [-0.1, -0.05) is 54.8 Å². The van der Waals surface area contributed by atoms with Crippen LogP contribution in [0.25, 0.3) is 0 Å². The lowest BCUT2D eigenvalue weighted by Gasteiger charge is -2.35. The standard InChI is InChI=1S/C31H37ClN4O5/c1-7-20-12-8-9-13-21(20)27(28(38)35-26-18(2)11-10-14-22(26)32)36(24-17-19(24)3)29(39)23(15-16-25(33)37)34-30(40)41-31(4,5)6/h1,8-14,19,23-24,27H,15-17H2,2-6H3,(H2,33,37)(H,34,40)(H,35,38). The summed E-state index contributed by atoms with van der Waals surface area (Å²) >= 11 is 6.42. The van der Waals surface area contributed by atoms with Crippen molar-refractivity contribution in [3.05, 3.63) is 64.2 Å². The molecule has 2 aromatic rings. The highest BCUT2D eigenvalue weighted by Crippen LogP contribution is 2.42. The number of terminal acetylenes is 1. The number of halogens is 1. The summed E-state index contributed by atoms with van der Waals surface area (Å²) in [5.41, 5.74) is 6.58. The maximum absolute atomic E-state index is 14.3. The van der Waals surface area contributed by atoms with E-state index in [2.05, 4.69) is 16.6 Å². The quantitative estimate of drug-likeness (QED) is 0.350. The fourth-order valence-corrected chi connectivity index (χ4v) is 4.88. The van der Waals surface area contributed by atoms with E-state index in [0.717, 1.165) is 5.56 Å². The number of carbonyl (C=O) groups excluding carboxylic acids is 4. The first-order valence-electron chi connectivity index (χ1n) is 13.4. The van der Waals surface area contributed by atoms with E-state index in [1.807, 2.05) is 19.9 Å². The summed E-state index contributed by atoms with van der Waals surface area (Å²) in [6.07, 6.45) is 5.37. The molecule has 218 valence electrons. The van der Waals surface area contributed by atoms with Crippen molar-refractivity contribution in [2.45, 2.75) is 77.6 Å². The Morgan fingerprint density at radius 3 is 2.39 bits per heavy atom. The summed E-state index contributed by atoms with van der Waals surface area (Å²) in [4.78, 5) is 54.4. The number of primary amides is 1. The summed E-state index contributed by atoms with van der Waals surface area (Å²) in [6.45, 7) is 8.85. The lowest BCUT2D eigenvalue weighted by molar-refractivity contribution is -0.142. The minimum absolute atomic E-state index is 0.0765. The third-order valence-corrected chi connectivity index (χ3v) is 7.07. The molecule has 0 spiro atoms. The highest BCUT2D eigenvalue weighted by molar-refractivity contribution is 6.34. The average molecular weight is 581 g/mol. The van der Waals surface area contributed by atoms with Gasteiger partial charge in [0.05, 0.1) is 10.7 Å². The second kappa shape index (κ2) is 13.1. The first-order valence-corrected chi connectivity index (χ1v) is 13.8. The number of rotatable bonds is 10. The molecule has 1 aliphatic rings. The Hall–Kier alpha value is -4.03. The number of amides is 4. The molecule has 4 N–H and O–H groups in total. The van der Waals surface area contributed by atoms with Crippen molar-refractivity contribution in [1.29, 1.82) is 0 Å². The van der Waals surface area contributed by atoms with Gasteiger partial charge in [0, 0.05) is 18.0 Å². The van der Waals surface area contributed by atoms with Crippen LogP contribution in [0, 0.1) is 25.2 Å². The molecule has 4 atom stereocenters. The molecule has 2 aromatic carbocycles. The molecule has 1 saturated carbocycles. The molecule has 0 saturated heterocycles. The fourth-order valence-electron chi connectivity index (χ4n) is 4.61. The Morgan fingerprint density at radius 2 is 1.83 bits per heavy atom. The number of hydrogen-bond acceptors (Lipinski definition) is 5. The zero-order valence-electron chi connectivity index (χ0n) is 24.0. The van der Waals surface area contributed by atoms with Gasteiger partial charge in [-0.25, -0.2) is 4.79 Å². The van der Waals surface area contributed by atoms with Gasteiger partial charge in [0.1, 0.15) is 17.7 Å². The Kier molecular flexibility index (Phi) is 10.1. The zero-order chi connectivity index (χ0) is 30.5. The highest BCUT2D eigenvalue weighted by atomic mass is 35.5. The minimum atomic E-state index is -1.19. The van der Waals surface area contributed by atoms with Gasteiger partial charge in [-0.15, -0.1) is 6.42 Å². The maximum atomic E-state index is 14.3. The number of ether oxygens (including phenoxy) is 1. The van der Waals surface area contributed by atoms with Crippen molar-refractivity contribution in [1.82, 2.24) is 10.2 Å². The number of para-hydroxylation sites is 1. The SMILES string of the molecule is C#Cc1ccccc1C(C(=O)Nc1c(C)cccc1Cl)N(C(=O)C(CCC(N)=O)NC(=O)OC(C)(C)C)C1CC1C. The van der Waals surface area contributed by atoms with Gasteiger partial charge in [0.15, 0.2) is 0 Å². The normalized spacial score (nSPS) is 17.4. The molecule has 0 radical (unpaired) electrons. The van der Waals surface area contributed by atoms with Gasteiger partial charge in [-0.3, -0.25) is 14.4 Å². The second-order valence-corrected chi connectivity index (χ2v) is 11.7. The van der Waals surface area contributed by atoms with Crippen molar-refractivity contribution >= 4 is 41.1 Å². The molecule has 0 bridgehead atoms. The molecule has 4 unspecified atom stereocenters. The van der Waals surface area contributed by atoms with Crippen molar-refractivity contribution in [3.8, 4) is 12.3 Å². The maximum Gasteiger partial charge on any atom is 0.408 e. The van der Waals surface area contributed by atoms with Crippen LogP contribution in [0.15, 0.2) is 42.5 Å². The van der Waals surface area contributed by atoms with E-state index in [4.69, 9.17) is 28.5 Å². The predicted molar refractivity (Wildman–Crippen MR) is 158 cm³/mol. The number of aryl methyl sites for hydroxylation is 1. The zero-order valence-corrected chi connectivity index (χ0v) is 24.7. The number of nitrogens with one attached hydrogen (secondary N) is 2. The molecule has 9 nitrogen and oxygen atoms in total. The Morgan fingerprint density at radius 1 is 1.17 bits per heavy atom. The van der Waals surface area contributed by atoms with E-state index in [0.29, 0.717) is 28.3 Å². The molecule has 41 heavy (non-hydrogen) atoms. The number of nitrogens with zero attached hydrogens (tertiary/aromatic N) is 1. The van der Waals surface area contributed by atoms with Crippen molar-refractivity contribution in [3.63, 3.8) is 0 Å². The highest BCUT2D eigenvalue weighted by Gasteiger charge is 2.48. The van der Waals surface area contributed by atoms with Crippen LogP contribution in [0.5, 0.6) is 0 Å². The number of anilines is 1. The summed E-state index contributed by atoms with van der Waals surface area (Å²) in [6, 6.07) is 9.42. The fraction of sp³-hybridized carbons (Fsp3) is 0.419. The van der Waals surface area contributed by atoms with Gasteiger partial charge >= 0.3 is 6.09 Å². The third-order valence-electron chi connectivity index (χ3n) is 6.75. The first kappa shape index (κ1) is 31.5. The minimum Gasteiger partial charge on any atom is -0.444 e. The molecular formula is C31H37ClN4O5. The van der Waals surface area contributed by atoms with Crippen LogP contribution >= 0.6 is 11.6 Å². The molecule has 0 aromatic heterocycles. The van der Waals surface area contributed by atoms with E-state index >= 15 is 0 Å². The van der Waals surface area contributed by atoms with Gasteiger partial charge in [-0.2, -0.15) is 0 Å². The number of alkyl carbamates (subject to hydrolysis) is 1. The van der Waals surface area contributed by atoms with Gasteiger partial charge in [-0.05, 0) is 69.7 Å². The third kappa shape index (κ3) is 8.24. The van der Waals surface area contributed by atoms with Crippen LogP contribution in [-0.4, -0.2) is 46.4 Å². The first-order chi connectivity index (χ1) is 19.2. The second-order valence-electron chi connectivity index (χ2n) is 11.3. The van der Waals surface area contributed by atoms with Crippen LogP contribution in [0.4, 0.5) is 10.5 Å². The van der Waals surface area contributed by atoms with E-state index in [9.17, 15) is 19.2 Å². The lowest BCUT2D eigenvalue weighted by atomic mass is 9.96. The largest absolute Gasteiger partial charge is 0.444 e. The topological polar surface area (TPSA) is 131 Å². The molecule has 1 aliphatic carbocycles. The summed E-state index contributed by atoms with van der Waals surface area (Å²) in [7, 11) is 0. The predicted octanol–water partition coefficient (Wildman–Crippen LogP) is 4.71. The van der Waals surface area contributed by atoms with E-state index in [-0.39, 0.29) is 24.8 Å². The van der Waals surface area contributed by atoms with Crippen LogP contribution < -0.4 is 16.4 Å². The van der Waals surface area contributed by atoms with Gasteiger partial charge in [0.25, 0.3) is 5.91 Å². The van der Waals surface area contributed by atoms with Crippen LogP contribution in [0.1, 0.15) is 69.7 Å². The summed E-state index contributed by atoms with van der Waals surface area (Å²) < 4.78 is 5.38. The average Bonchev–Trinajstić information content (AvgIpc) is 3.61. The van der Waals surface area contributed by atoms with E-state index < -0.39 is 41.5 Å². The van der Waals surface area contributed by atoms with Crippen LogP contribution in [0.3, 0.4) is 0 Å². The molecule has 0 aliphatic heterocycles. The number of nitrogens with two attached hydrogens (primary N) is 1. The molecule has 10 heteroatoms. The smallest absolute Gasteiger partial charge is 0.408 e. The molecular weight excluding hydrogens is 544 g/mol. The van der Waals surface area contributed by atoms with Crippen LogP contribution in [0.2, 0.25) is 5.02 Å². The molecule has 0 heterocycles. The Balaban J connectivity index is 2.11. The van der Waals surface area contributed by atoms with E-state index in [1.165, 1.54) is 4.90 Å². The summed E-state index contributed by atoms with van der Waals surface area (Å²) in [5.74, 6) is 0.967. The number of hydrogen-bond donors (Lipinski definition) is 3. The van der Waals surface area contributed by atoms with Gasteiger partial charge < -0.3 is 26.0 Å². The monoisotopic (exact) mass is 580 g/mol. The number of carbonyl (C=O) groups is 4. The molecule has 1 fully saturated rings. The lowest BCUT2D eigenvalue weighted by Crippen LogP contribution is -2.53. The van der Waals surface area contributed by atoms with E-state index in [1.54, 1.807) is 57.2 Å².